The zero-order valence-corrected chi connectivity index (χ0v) is 15.8. The highest BCUT2D eigenvalue weighted by Crippen LogP contribution is 2.25. The first-order chi connectivity index (χ1) is 14.2. The Kier molecular flexibility index (Phi) is 5.33. The van der Waals surface area contributed by atoms with E-state index in [9.17, 15) is 4.79 Å². The van der Waals surface area contributed by atoms with Gasteiger partial charge in [-0.25, -0.2) is 0 Å². The number of carbonyl (C=O) groups excluding carboxylic acids is 1. The van der Waals surface area contributed by atoms with Crippen molar-refractivity contribution in [2.45, 2.75) is 6.92 Å². The monoisotopic (exact) mass is 385 g/mol. The van der Waals surface area contributed by atoms with Crippen LogP contribution in [0.3, 0.4) is 0 Å². The molecule has 1 amide bonds. The second kappa shape index (κ2) is 8.39. The Morgan fingerprint density at radius 3 is 2.17 bits per heavy atom. The molecule has 3 aromatic carbocycles. The van der Waals surface area contributed by atoms with Gasteiger partial charge in [-0.05, 0) is 55.0 Å². The van der Waals surface area contributed by atoms with E-state index in [0.29, 0.717) is 17.5 Å². The van der Waals surface area contributed by atoms with Gasteiger partial charge in [0.25, 0.3) is 5.91 Å². The lowest BCUT2D eigenvalue weighted by molar-refractivity contribution is -0.118. The number of nitrogens with zero attached hydrogens (tertiary/aromatic N) is 2. The molecule has 4 rings (SSSR count). The molecule has 6 heteroatoms. The van der Waals surface area contributed by atoms with Gasteiger partial charge in [-0.1, -0.05) is 36.4 Å². The predicted octanol–water partition coefficient (Wildman–Crippen LogP) is 4.73. The molecule has 0 aliphatic carbocycles. The number of hydrogen-bond acceptors (Lipinski definition) is 5. The largest absolute Gasteiger partial charge is 0.484 e. The van der Waals surface area contributed by atoms with E-state index in [0.717, 1.165) is 22.4 Å². The van der Waals surface area contributed by atoms with Crippen molar-refractivity contribution in [3.8, 4) is 28.7 Å². The summed E-state index contributed by atoms with van der Waals surface area (Å²) in [6, 6.07) is 24.4. The van der Waals surface area contributed by atoms with Crippen molar-refractivity contribution in [2.75, 3.05) is 11.9 Å². The lowest BCUT2D eigenvalue weighted by Crippen LogP contribution is -2.20. The molecular formula is C23H19N3O3. The fourth-order valence-corrected chi connectivity index (χ4v) is 2.78. The third kappa shape index (κ3) is 4.50. The highest BCUT2D eigenvalue weighted by atomic mass is 16.5. The van der Waals surface area contributed by atoms with Crippen LogP contribution < -0.4 is 10.1 Å². The number of para-hydroxylation sites is 1. The van der Waals surface area contributed by atoms with Crippen LogP contribution in [0.15, 0.2) is 83.3 Å². The average Bonchev–Trinajstić information content (AvgIpc) is 3.25. The van der Waals surface area contributed by atoms with Crippen molar-refractivity contribution in [1.29, 1.82) is 0 Å². The Balaban J connectivity index is 1.37. The quantitative estimate of drug-likeness (QED) is 0.519. The summed E-state index contributed by atoms with van der Waals surface area (Å²) in [6.45, 7) is 1.86. The number of rotatable bonds is 6. The van der Waals surface area contributed by atoms with Crippen LogP contribution >= 0.6 is 0 Å². The van der Waals surface area contributed by atoms with Crippen molar-refractivity contribution in [1.82, 2.24) is 10.2 Å². The van der Waals surface area contributed by atoms with Crippen LogP contribution in [0.2, 0.25) is 0 Å². The molecule has 0 aliphatic heterocycles. The topological polar surface area (TPSA) is 77.2 Å². The minimum Gasteiger partial charge on any atom is -0.484 e. The van der Waals surface area contributed by atoms with E-state index in [1.165, 1.54) is 0 Å². The number of aryl methyl sites for hydroxylation is 1. The number of nitrogens with one attached hydrogen (secondary N) is 1. The van der Waals surface area contributed by atoms with E-state index in [1.54, 1.807) is 12.1 Å². The lowest BCUT2D eigenvalue weighted by Gasteiger charge is -2.09. The van der Waals surface area contributed by atoms with Crippen LogP contribution in [0.4, 0.5) is 5.69 Å². The summed E-state index contributed by atoms with van der Waals surface area (Å²) in [5.41, 5.74) is 3.42. The summed E-state index contributed by atoms with van der Waals surface area (Å²) in [5, 5.41) is 11.0. The molecule has 1 heterocycles. The van der Waals surface area contributed by atoms with Crippen LogP contribution in [-0.4, -0.2) is 22.7 Å². The summed E-state index contributed by atoms with van der Waals surface area (Å²) >= 11 is 0. The number of anilines is 1. The van der Waals surface area contributed by atoms with E-state index in [4.69, 9.17) is 9.15 Å². The minimum atomic E-state index is -0.215. The predicted molar refractivity (Wildman–Crippen MR) is 110 cm³/mol. The van der Waals surface area contributed by atoms with E-state index in [1.807, 2.05) is 73.7 Å². The van der Waals surface area contributed by atoms with Crippen molar-refractivity contribution < 1.29 is 13.9 Å². The Morgan fingerprint density at radius 1 is 0.862 bits per heavy atom. The minimum absolute atomic E-state index is 0.0770. The number of benzene rings is 3. The molecule has 0 radical (unpaired) electrons. The van der Waals surface area contributed by atoms with Crippen molar-refractivity contribution in [2.24, 2.45) is 0 Å². The average molecular weight is 385 g/mol. The maximum atomic E-state index is 12.1. The van der Waals surface area contributed by atoms with E-state index < -0.39 is 0 Å². The highest BCUT2D eigenvalue weighted by molar-refractivity contribution is 5.92. The molecule has 0 aliphatic rings. The van der Waals surface area contributed by atoms with Gasteiger partial charge in [-0.15, -0.1) is 10.2 Å². The molecule has 0 fully saturated rings. The summed E-state index contributed by atoms with van der Waals surface area (Å²) in [7, 11) is 0. The van der Waals surface area contributed by atoms with Gasteiger partial charge < -0.3 is 14.5 Å². The second-order valence-corrected chi connectivity index (χ2v) is 6.45. The van der Waals surface area contributed by atoms with Gasteiger partial charge in [-0.2, -0.15) is 0 Å². The number of carbonyl (C=O) groups is 1. The maximum Gasteiger partial charge on any atom is 0.262 e. The molecule has 0 spiro atoms. The van der Waals surface area contributed by atoms with Crippen LogP contribution in [0.1, 0.15) is 5.56 Å². The summed E-state index contributed by atoms with van der Waals surface area (Å²) < 4.78 is 11.3. The number of aromatic nitrogens is 2. The van der Waals surface area contributed by atoms with Crippen LogP contribution in [-0.2, 0) is 4.79 Å². The highest BCUT2D eigenvalue weighted by Gasteiger charge is 2.11. The van der Waals surface area contributed by atoms with Crippen LogP contribution in [0, 0.1) is 6.92 Å². The number of hydrogen-bond donors (Lipinski definition) is 1. The smallest absolute Gasteiger partial charge is 0.262 e. The zero-order chi connectivity index (χ0) is 20.1. The number of amides is 1. The molecule has 6 nitrogen and oxygen atoms in total. The Labute approximate surface area is 168 Å². The summed E-state index contributed by atoms with van der Waals surface area (Å²) in [5.74, 6) is 1.26. The molecule has 0 saturated heterocycles. The molecule has 144 valence electrons. The Hall–Kier alpha value is -3.93. The molecule has 29 heavy (non-hydrogen) atoms. The van der Waals surface area contributed by atoms with Gasteiger partial charge in [0.2, 0.25) is 11.8 Å². The molecular weight excluding hydrogens is 366 g/mol. The fraction of sp³-hybridized carbons (Fsp3) is 0.0870. The molecule has 0 atom stereocenters. The standard InChI is InChI=1S/C23H19N3O3/c1-16-7-5-6-10-20(16)24-21(27)15-28-19-13-11-18(12-14-19)23-26-25-22(29-23)17-8-3-2-4-9-17/h2-14H,15H2,1H3,(H,24,27). The van der Waals surface area contributed by atoms with Gasteiger partial charge in [0.1, 0.15) is 5.75 Å². The van der Waals surface area contributed by atoms with Crippen LogP contribution in [0.25, 0.3) is 22.9 Å². The first-order valence-corrected chi connectivity index (χ1v) is 9.17. The zero-order valence-electron chi connectivity index (χ0n) is 15.8. The number of ether oxygens (including phenoxy) is 1. The molecule has 0 bridgehead atoms. The molecule has 0 saturated carbocycles. The first kappa shape index (κ1) is 18.4. The summed E-state index contributed by atoms with van der Waals surface area (Å²) in [6.07, 6.45) is 0. The third-order valence-electron chi connectivity index (χ3n) is 4.34. The van der Waals surface area contributed by atoms with E-state index in [-0.39, 0.29) is 12.5 Å². The van der Waals surface area contributed by atoms with Crippen molar-refractivity contribution in [3.05, 3.63) is 84.4 Å². The normalized spacial score (nSPS) is 10.5. The fourth-order valence-electron chi connectivity index (χ4n) is 2.78. The molecule has 4 aromatic rings. The SMILES string of the molecule is Cc1ccccc1NC(=O)COc1ccc(-c2nnc(-c3ccccc3)o2)cc1. The summed E-state index contributed by atoms with van der Waals surface area (Å²) in [4.78, 5) is 12.1. The van der Waals surface area contributed by atoms with Gasteiger partial charge >= 0.3 is 0 Å². The molecule has 1 aromatic heterocycles. The molecule has 0 unspecified atom stereocenters. The Bertz CT molecular complexity index is 1110. The van der Waals surface area contributed by atoms with Gasteiger partial charge in [0.05, 0.1) is 0 Å². The Morgan fingerprint density at radius 2 is 1.48 bits per heavy atom. The maximum absolute atomic E-state index is 12.1. The molecule has 1 N–H and O–H groups in total. The van der Waals surface area contributed by atoms with E-state index in [2.05, 4.69) is 15.5 Å². The first-order valence-electron chi connectivity index (χ1n) is 9.17. The van der Waals surface area contributed by atoms with Crippen molar-refractivity contribution in [3.63, 3.8) is 0 Å². The third-order valence-corrected chi connectivity index (χ3v) is 4.34. The van der Waals surface area contributed by atoms with Gasteiger partial charge in [0, 0.05) is 16.8 Å². The lowest BCUT2D eigenvalue weighted by atomic mass is 10.2. The van der Waals surface area contributed by atoms with Gasteiger partial charge in [0.15, 0.2) is 6.61 Å². The van der Waals surface area contributed by atoms with Crippen LogP contribution in [0.5, 0.6) is 5.75 Å². The van der Waals surface area contributed by atoms with Crippen molar-refractivity contribution >= 4 is 11.6 Å². The van der Waals surface area contributed by atoms with E-state index >= 15 is 0 Å². The van der Waals surface area contributed by atoms with Gasteiger partial charge in [-0.3, -0.25) is 4.79 Å². The second-order valence-electron chi connectivity index (χ2n) is 6.45.